The molecular weight excluding hydrogens is 554 g/mol. The largest absolute Gasteiger partial charge is 0.376 e. The second-order valence-electron chi connectivity index (χ2n) is 12.8. The van der Waals surface area contributed by atoms with Crippen LogP contribution < -0.4 is 31.5 Å². The predicted molar refractivity (Wildman–Crippen MR) is 195 cm³/mol. The SMILES string of the molecule is c1ccc(-c2cc3c4c(c2)N2B(c5ccccc5-c5ccccc52)c2cccc(c2-4)B2c4ccccc4-c4ccccc4N23)cc1. The Bertz CT molecular complexity index is 2270. The first-order chi connectivity index (χ1) is 22.9. The summed E-state index contributed by atoms with van der Waals surface area (Å²) in [5.41, 5.74) is 21.0. The van der Waals surface area contributed by atoms with Crippen LogP contribution in [0.25, 0.3) is 44.5 Å². The fraction of sp³-hybridized carbons (Fsp3) is 0. The van der Waals surface area contributed by atoms with Crippen molar-refractivity contribution in [2.24, 2.45) is 0 Å². The highest BCUT2D eigenvalue weighted by Crippen LogP contribution is 2.54. The smallest absolute Gasteiger partial charge is 0.329 e. The molecule has 7 aromatic carbocycles. The average Bonchev–Trinajstić information content (AvgIpc) is 3.14. The van der Waals surface area contributed by atoms with Crippen molar-refractivity contribution in [3.8, 4) is 44.5 Å². The first-order valence-corrected chi connectivity index (χ1v) is 16.2. The molecule has 0 spiro atoms. The molecule has 4 heteroatoms. The van der Waals surface area contributed by atoms with Crippen molar-refractivity contribution < 1.29 is 0 Å². The average molecular weight is 580 g/mol. The molecule has 11 rings (SSSR count). The number of fused-ring (bicyclic) bond motifs is 16. The third kappa shape index (κ3) is 3.04. The molecule has 2 nitrogen and oxygen atoms in total. The van der Waals surface area contributed by atoms with Crippen LogP contribution in [0.4, 0.5) is 22.7 Å². The normalized spacial score (nSPS) is 13.9. The summed E-state index contributed by atoms with van der Waals surface area (Å²) in [6.45, 7) is 0.148. The summed E-state index contributed by atoms with van der Waals surface area (Å²) < 4.78 is 0. The van der Waals surface area contributed by atoms with Crippen LogP contribution in [0.15, 0.2) is 158 Å². The summed E-state index contributed by atoms with van der Waals surface area (Å²) in [7, 11) is 0. The van der Waals surface area contributed by atoms with Crippen molar-refractivity contribution in [2.45, 2.75) is 0 Å². The molecule has 0 saturated carbocycles. The molecule has 0 N–H and O–H groups in total. The van der Waals surface area contributed by atoms with Crippen LogP contribution in [-0.2, 0) is 0 Å². The van der Waals surface area contributed by atoms with Gasteiger partial charge in [0.2, 0.25) is 0 Å². The third-order valence-corrected chi connectivity index (χ3v) is 10.6. The fourth-order valence-corrected chi connectivity index (χ4v) is 8.87. The quantitative estimate of drug-likeness (QED) is 0.186. The van der Waals surface area contributed by atoms with E-state index >= 15 is 0 Å². The van der Waals surface area contributed by atoms with Crippen molar-refractivity contribution in [1.29, 1.82) is 0 Å². The Kier molecular flexibility index (Phi) is 4.77. The maximum absolute atomic E-state index is 2.64. The third-order valence-electron chi connectivity index (χ3n) is 10.6. The first kappa shape index (κ1) is 24.6. The highest BCUT2D eigenvalue weighted by atomic mass is 15.1. The van der Waals surface area contributed by atoms with E-state index < -0.39 is 0 Å². The molecule has 4 aliphatic rings. The zero-order chi connectivity index (χ0) is 29.9. The fourth-order valence-electron chi connectivity index (χ4n) is 8.87. The van der Waals surface area contributed by atoms with Gasteiger partial charge in [-0.3, -0.25) is 0 Å². The second-order valence-corrected chi connectivity index (χ2v) is 12.8. The summed E-state index contributed by atoms with van der Waals surface area (Å²) >= 11 is 0. The lowest BCUT2D eigenvalue weighted by Crippen LogP contribution is -2.65. The number of nitrogens with zero attached hydrogens (tertiary/aromatic N) is 2. The molecule has 4 aliphatic heterocycles. The molecule has 0 radical (unpaired) electrons. The van der Waals surface area contributed by atoms with Crippen LogP contribution in [0, 0.1) is 0 Å². The van der Waals surface area contributed by atoms with Crippen LogP contribution in [0.1, 0.15) is 0 Å². The van der Waals surface area contributed by atoms with Crippen LogP contribution in [0.3, 0.4) is 0 Å². The van der Waals surface area contributed by atoms with Gasteiger partial charge >= 0.3 is 13.7 Å². The highest BCUT2D eigenvalue weighted by Gasteiger charge is 2.49. The molecule has 46 heavy (non-hydrogen) atoms. The van der Waals surface area contributed by atoms with Crippen LogP contribution >= 0.6 is 0 Å². The molecule has 0 saturated heterocycles. The number of para-hydroxylation sites is 2. The van der Waals surface area contributed by atoms with Gasteiger partial charge in [-0.1, -0.05) is 133 Å². The summed E-state index contributed by atoms with van der Waals surface area (Å²) in [5, 5.41) is 0. The number of hydrogen-bond donors (Lipinski definition) is 0. The second kappa shape index (κ2) is 8.93. The van der Waals surface area contributed by atoms with E-state index in [9.17, 15) is 0 Å². The van der Waals surface area contributed by atoms with Gasteiger partial charge in [-0.15, -0.1) is 0 Å². The minimum absolute atomic E-state index is 0.0742. The molecule has 7 aromatic rings. The van der Waals surface area contributed by atoms with Gasteiger partial charge in [0, 0.05) is 39.4 Å². The Balaban J connectivity index is 1.32. The van der Waals surface area contributed by atoms with E-state index in [4.69, 9.17) is 0 Å². The lowest BCUT2D eigenvalue weighted by molar-refractivity contribution is 1.30. The van der Waals surface area contributed by atoms with Gasteiger partial charge in [-0.05, 0) is 73.9 Å². The molecular formula is C42H26B2N2. The van der Waals surface area contributed by atoms with Gasteiger partial charge in [-0.25, -0.2) is 0 Å². The van der Waals surface area contributed by atoms with Gasteiger partial charge < -0.3 is 9.62 Å². The van der Waals surface area contributed by atoms with E-state index in [1.54, 1.807) is 0 Å². The lowest BCUT2D eigenvalue weighted by Gasteiger charge is -2.50. The van der Waals surface area contributed by atoms with Crippen molar-refractivity contribution in [1.82, 2.24) is 0 Å². The van der Waals surface area contributed by atoms with E-state index in [1.807, 2.05) is 0 Å². The van der Waals surface area contributed by atoms with Gasteiger partial charge in [0.15, 0.2) is 0 Å². The Hall–Kier alpha value is -5.73. The molecule has 4 heterocycles. The summed E-state index contributed by atoms with van der Waals surface area (Å²) in [6.07, 6.45) is 0. The van der Waals surface area contributed by atoms with Crippen molar-refractivity contribution in [2.75, 3.05) is 9.62 Å². The molecule has 0 atom stereocenters. The minimum atomic E-state index is 0.0742. The summed E-state index contributed by atoms with van der Waals surface area (Å²) in [4.78, 5) is 5.28. The number of benzene rings is 7. The molecule has 0 bridgehead atoms. The maximum atomic E-state index is 2.64. The van der Waals surface area contributed by atoms with Crippen molar-refractivity contribution >= 4 is 58.3 Å². The Morgan fingerprint density at radius 3 is 1.28 bits per heavy atom. The molecule has 0 fully saturated rings. The molecule has 0 aliphatic carbocycles. The first-order valence-electron chi connectivity index (χ1n) is 16.2. The van der Waals surface area contributed by atoms with Crippen molar-refractivity contribution in [3.05, 3.63) is 158 Å². The Morgan fingerprint density at radius 1 is 0.304 bits per heavy atom. The molecule has 0 aromatic heterocycles. The zero-order valence-electron chi connectivity index (χ0n) is 25.1. The van der Waals surface area contributed by atoms with Gasteiger partial charge in [0.05, 0.1) is 0 Å². The van der Waals surface area contributed by atoms with E-state index in [0.717, 1.165) is 0 Å². The number of hydrogen-bond acceptors (Lipinski definition) is 2. The van der Waals surface area contributed by atoms with E-state index in [-0.39, 0.29) is 13.7 Å². The van der Waals surface area contributed by atoms with E-state index in [0.29, 0.717) is 0 Å². The minimum Gasteiger partial charge on any atom is -0.376 e. The van der Waals surface area contributed by atoms with Crippen molar-refractivity contribution in [3.63, 3.8) is 0 Å². The Morgan fingerprint density at radius 2 is 0.739 bits per heavy atom. The summed E-state index contributed by atoms with van der Waals surface area (Å²) in [6, 6.07) is 58.9. The molecule has 0 amide bonds. The standard InChI is InChI=1S/C42H26B2N2/c1-2-13-27(14-3-1)28-25-39-42-40(26-28)46-38-24-11-7-18-32(38)30-16-5-9-20-34(30)44(46)36-22-12-21-35(41(36)42)43-33-19-8-4-15-29(33)31-17-6-10-23-37(31)45(39)43/h1-26H. The van der Waals surface area contributed by atoms with Gasteiger partial charge in [0.25, 0.3) is 0 Å². The van der Waals surface area contributed by atoms with Crippen LogP contribution in [0.5, 0.6) is 0 Å². The van der Waals surface area contributed by atoms with E-state index in [1.165, 1.54) is 89.1 Å². The lowest BCUT2D eigenvalue weighted by atomic mass is 9.37. The zero-order valence-corrected chi connectivity index (χ0v) is 25.1. The Labute approximate surface area is 269 Å². The van der Waals surface area contributed by atoms with Gasteiger partial charge in [-0.2, -0.15) is 0 Å². The van der Waals surface area contributed by atoms with Crippen LogP contribution in [-0.4, -0.2) is 13.7 Å². The highest BCUT2D eigenvalue weighted by molar-refractivity contribution is 6.97. The molecule has 210 valence electrons. The monoisotopic (exact) mass is 580 g/mol. The van der Waals surface area contributed by atoms with E-state index in [2.05, 4.69) is 167 Å². The molecule has 0 unspecified atom stereocenters. The van der Waals surface area contributed by atoms with Crippen LogP contribution in [0.2, 0.25) is 0 Å². The number of rotatable bonds is 1. The maximum Gasteiger partial charge on any atom is 0.329 e. The summed E-state index contributed by atoms with van der Waals surface area (Å²) in [5.74, 6) is 0. The van der Waals surface area contributed by atoms with Gasteiger partial charge in [0.1, 0.15) is 0 Å². The predicted octanol–water partition coefficient (Wildman–Crippen LogP) is 7.50. The topological polar surface area (TPSA) is 6.48 Å². The number of anilines is 4.